The number of phenolic OH excluding ortho intramolecular Hbond substituents is 1. The largest absolute Gasteiger partial charge is 0.507 e. The fourth-order valence-corrected chi connectivity index (χ4v) is 3.74. The van der Waals surface area contributed by atoms with Crippen molar-refractivity contribution in [2.45, 2.75) is 12.0 Å². The molecule has 1 N–H and O–H groups in total. The van der Waals surface area contributed by atoms with Crippen molar-refractivity contribution in [1.82, 2.24) is 9.80 Å². The molecule has 6 nitrogen and oxygen atoms in total. The van der Waals surface area contributed by atoms with Crippen LogP contribution in [-0.4, -0.2) is 59.2 Å². The fourth-order valence-electron chi connectivity index (χ4n) is 3.74. The third-order valence-corrected chi connectivity index (χ3v) is 5.15. The number of nitrogens with zero attached hydrogens (tertiary/aromatic N) is 2. The van der Waals surface area contributed by atoms with Crippen molar-refractivity contribution in [3.05, 3.63) is 53.8 Å². The first kappa shape index (κ1) is 17.3. The van der Waals surface area contributed by atoms with E-state index < -0.39 is 11.4 Å². The summed E-state index contributed by atoms with van der Waals surface area (Å²) < 4.78 is 18.9. The third-order valence-electron chi connectivity index (χ3n) is 5.15. The maximum absolute atomic E-state index is 13.4. The van der Waals surface area contributed by atoms with Crippen molar-refractivity contribution in [3.63, 3.8) is 0 Å². The minimum Gasteiger partial charge on any atom is -0.507 e. The zero-order chi connectivity index (χ0) is 19.2. The number of aromatic hydroxyl groups is 1. The summed E-state index contributed by atoms with van der Waals surface area (Å²) in [5, 5.41) is 9.91. The summed E-state index contributed by atoms with van der Waals surface area (Å²) in [4.78, 5) is 27.6. The van der Waals surface area contributed by atoms with Gasteiger partial charge >= 0.3 is 6.09 Å². The van der Waals surface area contributed by atoms with Crippen LogP contribution < -0.4 is 0 Å². The van der Waals surface area contributed by atoms with Crippen molar-refractivity contribution in [2.75, 3.05) is 26.7 Å². The molecule has 0 unspecified atom stereocenters. The maximum Gasteiger partial charge on any atom is 0.410 e. The normalized spacial score (nSPS) is 21.8. The molecule has 0 aromatic heterocycles. The molecule has 2 amide bonds. The van der Waals surface area contributed by atoms with Gasteiger partial charge in [-0.25, -0.2) is 9.18 Å². The highest BCUT2D eigenvalue weighted by atomic mass is 19.1. The lowest BCUT2D eigenvalue weighted by atomic mass is 10.0. The summed E-state index contributed by atoms with van der Waals surface area (Å²) in [5.74, 6) is -0.613. The molecule has 2 aromatic carbocycles. The van der Waals surface area contributed by atoms with Gasteiger partial charge in [-0.05, 0) is 35.9 Å². The number of hydrogen-bond donors (Lipinski definition) is 1. The van der Waals surface area contributed by atoms with E-state index in [0.717, 1.165) is 0 Å². The quantitative estimate of drug-likeness (QED) is 0.883. The number of amides is 2. The molecule has 0 aliphatic carbocycles. The van der Waals surface area contributed by atoms with E-state index in [-0.39, 0.29) is 17.7 Å². The second-order valence-corrected chi connectivity index (χ2v) is 7.12. The molecule has 0 bridgehead atoms. The van der Waals surface area contributed by atoms with E-state index in [2.05, 4.69) is 0 Å². The number of likely N-dealkylation sites (tertiary alicyclic amines) is 1. The van der Waals surface area contributed by atoms with Gasteiger partial charge in [-0.1, -0.05) is 12.1 Å². The molecule has 2 aliphatic rings. The van der Waals surface area contributed by atoms with Crippen molar-refractivity contribution in [2.24, 2.45) is 0 Å². The zero-order valence-electron chi connectivity index (χ0n) is 14.8. The van der Waals surface area contributed by atoms with Gasteiger partial charge in [0.1, 0.15) is 11.6 Å². The first-order valence-corrected chi connectivity index (χ1v) is 8.69. The van der Waals surface area contributed by atoms with Crippen LogP contribution in [0.2, 0.25) is 0 Å². The summed E-state index contributed by atoms with van der Waals surface area (Å²) in [6, 6.07) is 10.4. The molecule has 2 aromatic rings. The van der Waals surface area contributed by atoms with E-state index >= 15 is 0 Å². The first-order valence-electron chi connectivity index (χ1n) is 8.69. The summed E-state index contributed by atoms with van der Waals surface area (Å²) in [5.41, 5.74) is 0.863. The Labute approximate surface area is 155 Å². The van der Waals surface area contributed by atoms with Crippen LogP contribution in [0.4, 0.5) is 9.18 Å². The van der Waals surface area contributed by atoms with Crippen molar-refractivity contribution in [3.8, 4) is 16.9 Å². The van der Waals surface area contributed by atoms with Crippen molar-refractivity contribution in [1.29, 1.82) is 0 Å². The molecule has 1 atom stereocenters. The van der Waals surface area contributed by atoms with Crippen LogP contribution in [0.25, 0.3) is 11.1 Å². The number of carbonyl (C=O) groups is 2. The molecule has 2 heterocycles. The summed E-state index contributed by atoms with van der Waals surface area (Å²) in [6.45, 7) is 1.37. The summed E-state index contributed by atoms with van der Waals surface area (Å²) >= 11 is 0. The van der Waals surface area contributed by atoms with Crippen LogP contribution in [0.3, 0.4) is 0 Å². The van der Waals surface area contributed by atoms with Crippen LogP contribution in [0, 0.1) is 5.82 Å². The van der Waals surface area contributed by atoms with Gasteiger partial charge in [0.2, 0.25) is 0 Å². The minimum atomic E-state index is -0.616. The maximum atomic E-state index is 13.4. The highest BCUT2D eigenvalue weighted by Crippen LogP contribution is 2.33. The Bertz CT molecular complexity index is 915. The lowest BCUT2D eigenvalue weighted by molar-refractivity contribution is 0.0553. The number of benzene rings is 2. The molecule has 2 fully saturated rings. The molecule has 27 heavy (non-hydrogen) atoms. The number of ether oxygens (including phenoxy) is 1. The molecule has 140 valence electrons. The van der Waals surface area contributed by atoms with Gasteiger partial charge in [0.15, 0.2) is 5.60 Å². The van der Waals surface area contributed by atoms with Crippen LogP contribution in [-0.2, 0) is 4.74 Å². The number of likely N-dealkylation sites (N-methyl/N-ethyl adjacent to an activating group) is 1. The second-order valence-electron chi connectivity index (χ2n) is 7.12. The molecule has 7 heteroatoms. The smallest absolute Gasteiger partial charge is 0.410 e. The Morgan fingerprint density at radius 2 is 1.93 bits per heavy atom. The van der Waals surface area contributed by atoms with Crippen molar-refractivity contribution < 1.29 is 23.8 Å². The first-order chi connectivity index (χ1) is 12.9. The Morgan fingerprint density at radius 3 is 2.59 bits per heavy atom. The molecule has 2 saturated heterocycles. The number of phenols is 1. The predicted octanol–water partition coefficient (Wildman–Crippen LogP) is 2.87. The highest BCUT2D eigenvalue weighted by Gasteiger charge is 2.49. The van der Waals surface area contributed by atoms with E-state index in [0.29, 0.717) is 42.7 Å². The predicted molar refractivity (Wildman–Crippen MR) is 95.9 cm³/mol. The van der Waals surface area contributed by atoms with E-state index in [9.17, 15) is 19.1 Å². The summed E-state index contributed by atoms with van der Waals surface area (Å²) in [7, 11) is 1.68. The van der Waals surface area contributed by atoms with Crippen molar-refractivity contribution >= 4 is 12.0 Å². The van der Waals surface area contributed by atoms with Gasteiger partial charge in [-0.3, -0.25) is 4.79 Å². The van der Waals surface area contributed by atoms with Gasteiger partial charge in [0.05, 0.1) is 13.1 Å². The third kappa shape index (κ3) is 3.09. The Hall–Kier alpha value is -3.09. The van der Waals surface area contributed by atoms with Crippen LogP contribution in [0.5, 0.6) is 5.75 Å². The molecule has 0 saturated carbocycles. The Balaban J connectivity index is 1.50. The van der Waals surface area contributed by atoms with Gasteiger partial charge in [-0.15, -0.1) is 0 Å². The van der Waals surface area contributed by atoms with E-state index in [4.69, 9.17) is 4.74 Å². The molecular weight excluding hydrogens is 351 g/mol. The number of hydrogen-bond acceptors (Lipinski definition) is 4. The molecule has 0 radical (unpaired) electrons. The fraction of sp³-hybridized carbons (Fsp3) is 0.300. The van der Waals surface area contributed by atoms with Crippen LogP contribution >= 0.6 is 0 Å². The second kappa shape index (κ2) is 6.26. The van der Waals surface area contributed by atoms with Gasteiger partial charge in [0, 0.05) is 31.1 Å². The monoisotopic (exact) mass is 370 g/mol. The SMILES string of the molecule is CN1C[C@]2(CCN(C(=O)c3ccc(-c4cc(F)ccc4O)cc3)C2)OC1=O. The van der Waals surface area contributed by atoms with Crippen LogP contribution in [0.15, 0.2) is 42.5 Å². The molecule has 4 rings (SSSR count). The van der Waals surface area contributed by atoms with Crippen LogP contribution in [0.1, 0.15) is 16.8 Å². The standard InChI is InChI=1S/C20H19FN2O4/c1-22-11-20(27-19(22)26)8-9-23(12-20)18(25)14-4-2-13(3-5-14)16-10-15(21)6-7-17(16)24/h2-7,10,24H,8-9,11-12H2,1H3/t20-/m0/s1. The average Bonchev–Trinajstić information content (AvgIpc) is 3.19. The number of carbonyl (C=O) groups excluding carboxylic acids is 2. The Morgan fingerprint density at radius 1 is 1.19 bits per heavy atom. The average molecular weight is 370 g/mol. The number of rotatable bonds is 2. The molecule has 2 aliphatic heterocycles. The van der Waals surface area contributed by atoms with Gasteiger partial charge in [0.25, 0.3) is 5.91 Å². The molecule has 1 spiro atoms. The van der Waals surface area contributed by atoms with Gasteiger partial charge < -0.3 is 19.6 Å². The number of halogens is 1. The topological polar surface area (TPSA) is 70.1 Å². The van der Waals surface area contributed by atoms with E-state index in [1.807, 2.05) is 0 Å². The van der Waals surface area contributed by atoms with E-state index in [1.54, 1.807) is 36.2 Å². The zero-order valence-corrected chi connectivity index (χ0v) is 14.8. The summed E-state index contributed by atoms with van der Waals surface area (Å²) in [6.07, 6.45) is 0.257. The Kier molecular flexibility index (Phi) is 4.02. The minimum absolute atomic E-state index is 0.0240. The van der Waals surface area contributed by atoms with Gasteiger partial charge in [-0.2, -0.15) is 0 Å². The van der Waals surface area contributed by atoms with E-state index in [1.165, 1.54) is 23.1 Å². The lowest BCUT2D eigenvalue weighted by Gasteiger charge is -2.22. The highest BCUT2D eigenvalue weighted by molar-refractivity contribution is 5.95. The molecular formula is C20H19FN2O4. The lowest BCUT2D eigenvalue weighted by Crippen LogP contribution is -2.39.